The Bertz CT molecular complexity index is 650. The predicted molar refractivity (Wildman–Crippen MR) is 74.1 cm³/mol. The van der Waals surface area contributed by atoms with Crippen LogP contribution >= 0.6 is 0 Å². The average Bonchev–Trinajstić information content (AvgIpc) is 2.46. The van der Waals surface area contributed by atoms with Gasteiger partial charge in [-0.25, -0.2) is 4.39 Å². The Morgan fingerprint density at radius 2 is 1.80 bits per heavy atom. The Morgan fingerprint density at radius 1 is 1.05 bits per heavy atom. The minimum absolute atomic E-state index is 0.119. The van der Waals surface area contributed by atoms with Crippen molar-refractivity contribution in [3.8, 4) is 11.5 Å². The number of hydrogen-bond donors (Lipinski definition) is 0. The summed E-state index contributed by atoms with van der Waals surface area (Å²) in [6, 6.07) is 9.34. The SMILES string of the molecule is COc1ccc(C(=O)c2ccc(OC)c(F)c2)c(C)c1. The fourth-order valence-corrected chi connectivity index (χ4v) is 1.98. The Hall–Kier alpha value is -2.36. The molecule has 0 aliphatic heterocycles. The number of rotatable bonds is 4. The summed E-state index contributed by atoms with van der Waals surface area (Å²) in [6.07, 6.45) is 0. The first-order valence-corrected chi connectivity index (χ1v) is 6.09. The highest BCUT2D eigenvalue weighted by atomic mass is 19.1. The molecule has 0 fully saturated rings. The molecule has 0 unspecified atom stereocenters. The normalized spacial score (nSPS) is 10.2. The van der Waals surface area contributed by atoms with Crippen LogP contribution < -0.4 is 9.47 Å². The highest BCUT2D eigenvalue weighted by molar-refractivity contribution is 6.10. The first kappa shape index (κ1) is 14.1. The van der Waals surface area contributed by atoms with Crippen molar-refractivity contribution < 1.29 is 18.7 Å². The number of methoxy groups -OCH3 is 2. The Labute approximate surface area is 117 Å². The molecule has 0 heterocycles. The molecule has 2 rings (SSSR count). The van der Waals surface area contributed by atoms with Crippen LogP contribution in [0.5, 0.6) is 11.5 Å². The van der Waals surface area contributed by atoms with Gasteiger partial charge in [-0.2, -0.15) is 0 Å². The molecule has 2 aromatic rings. The van der Waals surface area contributed by atoms with Crippen LogP contribution in [0.1, 0.15) is 21.5 Å². The van der Waals surface area contributed by atoms with Crippen LogP contribution in [0, 0.1) is 12.7 Å². The lowest BCUT2D eigenvalue weighted by Crippen LogP contribution is -2.05. The van der Waals surface area contributed by atoms with E-state index < -0.39 is 5.82 Å². The van der Waals surface area contributed by atoms with Crippen molar-refractivity contribution in [1.82, 2.24) is 0 Å². The number of benzene rings is 2. The highest BCUT2D eigenvalue weighted by Crippen LogP contribution is 2.23. The molecule has 0 aliphatic rings. The summed E-state index contributed by atoms with van der Waals surface area (Å²) >= 11 is 0. The van der Waals surface area contributed by atoms with Crippen molar-refractivity contribution in [3.63, 3.8) is 0 Å². The zero-order valence-corrected chi connectivity index (χ0v) is 11.6. The van der Waals surface area contributed by atoms with Crippen LogP contribution in [0.2, 0.25) is 0 Å². The number of hydrogen-bond acceptors (Lipinski definition) is 3. The summed E-state index contributed by atoms with van der Waals surface area (Å²) in [4.78, 5) is 12.4. The molecule has 20 heavy (non-hydrogen) atoms. The Morgan fingerprint density at radius 3 is 2.35 bits per heavy atom. The van der Waals surface area contributed by atoms with Crippen molar-refractivity contribution in [2.24, 2.45) is 0 Å². The van der Waals surface area contributed by atoms with Gasteiger partial charge in [0.1, 0.15) is 5.75 Å². The van der Waals surface area contributed by atoms with Gasteiger partial charge in [0.05, 0.1) is 14.2 Å². The van der Waals surface area contributed by atoms with Gasteiger partial charge in [-0.3, -0.25) is 4.79 Å². The number of ketones is 1. The fourth-order valence-electron chi connectivity index (χ4n) is 1.98. The number of ether oxygens (including phenoxy) is 2. The third-order valence-corrected chi connectivity index (χ3v) is 3.09. The van der Waals surface area contributed by atoms with Gasteiger partial charge in [0.25, 0.3) is 0 Å². The zero-order chi connectivity index (χ0) is 14.7. The van der Waals surface area contributed by atoms with Gasteiger partial charge in [-0.15, -0.1) is 0 Å². The van der Waals surface area contributed by atoms with E-state index in [1.807, 2.05) is 6.92 Å². The second-order valence-electron chi connectivity index (χ2n) is 4.36. The van der Waals surface area contributed by atoms with E-state index in [0.717, 1.165) is 5.56 Å². The topological polar surface area (TPSA) is 35.5 Å². The quantitative estimate of drug-likeness (QED) is 0.802. The molecule has 0 aromatic heterocycles. The minimum Gasteiger partial charge on any atom is -0.497 e. The lowest BCUT2D eigenvalue weighted by Gasteiger charge is -2.08. The molecule has 3 nitrogen and oxygen atoms in total. The molecule has 0 bridgehead atoms. The van der Waals surface area contributed by atoms with Gasteiger partial charge in [-0.05, 0) is 48.9 Å². The highest BCUT2D eigenvalue weighted by Gasteiger charge is 2.14. The van der Waals surface area contributed by atoms with E-state index in [0.29, 0.717) is 11.3 Å². The molecule has 0 saturated heterocycles. The van der Waals surface area contributed by atoms with Crippen molar-refractivity contribution in [2.75, 3.05) is 14.2 Å². The van der Waals surface area contributed by atoms with Crippen LogP contribution in [0.4, 0.5) is 4.39 Å². The standard InChI is InChI=1S/C16H15FO3/c1-10-8-12(19-2)5-6-13(10)16(18)11-4-7-15(20-3)14(17)9-11/h4-9H,1-3H3. The first-order chi connectivity index (χ1) is 9.56. The molecule has 104 valence electrons. The number of halogens is 1. The van der Waals surface area contributed by atoms with Crippen LogP contribution in [0.25, 0.3) is 0 Å². The molecule has 0 saturated carbocycles. The molecular formula is C16H15FO3. The second kappa shape index (κ2) is 5.74. The van der Waals surface area contributed by atoms with Gasteiger partial charge < -0.3 is 9.47 Å². The van der Waals surface area contributed by atoms with Gasteiger partial charge in [0, 0.05) is 11.1 Å². The van der Waals surface area contributed by atoms with E-state index in [9.17, 15) is 9.18 Å². The predicted octanol–water partition coefficient (Wildman–Crippen LogP) is 3.38. The fraction of sp³-hybridized carbons (Fsp3) is 0.188. The second-order valence-corrected chi connectivity index (χ2v) is 4.36. The molecule has 0 atom stereocenters. The third kappa shape index (κ3) is 2.64. The zero-order valence-electron chi connectivity index (χ0n) is 11.6. The van der Waals surface area contributed by atoms with Crippen LogP contribution in [-0.2, 0) is 0 Å². The summed E-state index contributed by atoms with van der Waals surface area (Å²) in [5.74, 6) is 0.0178. The lowest BCUT2D eigenvalue weighted by atomic mass is 9.99. The maximum Gasteiger partial charge on any atom is 0.193 e. The molecule has 0 spiro atoms. The summed E-state index contributed by atoms with van der Waals surface area (Å²) in [6.45, 7) is 1.82. The molecule has 0 radical (unpaired) electrons. The lowest BCUT2D eigenvalue weighted by molar-refractivity contribution is 0.103. The van der Waals surface area contributed by atoms with E-state index >= 15 is 0 Å². The van der Waals surface area contributed by atoms with Gasteiger partial charge in [0.2, 0.25) is 0 Å². The van der Waals surface area contributed by atoms with E-state index in [2.05, 4.69) is 0 Å². The maximum absolute atomic E-state index is 13.6. The van der Waals surface area contributed by atoms with Crippen molar-refractivity contribution in [2.45, 2.75) is 6.92 Å². The summed E-state index contributed by atoms with van der Waals surface area (Å²) in [7, 11) is 2.95. The van der Waals surface area contributed by atoms with Gasteiger partial charge in [0.15, 0.2) is 17.3 Å². The Balaban J connectivity index is 2.38. The van der Waals surface area contributed by atoms with E-state index in [-0.39, 0.29) is 17.1 Å². The summed E-state index contributed by atoms with van der Waals surface area (Å²) in [5.41, 5.74) is 1.59. The van der Waals surface area contributed by atoms with E-state index in [1.54, 1.807) is 31.4 Å². The van der Waals surface area contributed by atoms with Crippen molar-refractivity contribution in [1.29, 1.82) is 0 Å². The molecular weight excluding hydrogens is 259 g/mol. The summed E-state index contributed by atoms with van der Waals surface area (Å²) < 4.78 is 23.6. The average molecular weight is 274 g/mol. The number of aryl methyl sites for hydroxylation is 1. The largest absolute Gasteiger partial charge is 0.497 e. The molecule has 4 heteroatoms. The van der Waals surface area contributed by atoms with Crippen LogP contribution in [0.15, 0.2) is 36.4 Å². The third-order valence-electron chi connectivity index (χ3n) is 3.09. The minimum atomic E-state index is -0.551. The Kier molecular flexibility index (Phi) is 4.03. The van der Waals surface area contributed by atoms with Crippen LogP contribution in [-0.4, -0.2) is 20.0 Å². The summed E-state index contributed by atoms with van der Waals surface area (Å²) in [5, 5.41) is 0. The van der Waals surface area contributed by atoms with Gasteiger partial charge >= 0.3 is 0 Å². The van der Waals surface area contributed by atoms with E-state index in [1.165, 1.54) is 19.2 Å². The molecule has 0 amide bonds. The molecule has 0 N–H and O–H groups in total. The molecule has 2 aromatic carbocycles. The van der Waals surface area contributed by atoms with E-state index in [4.69, 9.17) is 9.47 Å². The van der Waals surface area contributed by atoms with Crippen molar-refractivity contribution >= 4 is 5.78 Å². The van der Waals surface area contributed by atoms with Crippen LogP contribution in [0.3, 0.4) is 0 Å². The molecule has 0 aliphatic carbocycles. The monoisotopic (exact) mass is 274 g/mol. The number of carbonyl (C=O) groups excluding carboxylic acids is 1. The first-order valence-electron chi connectivity index (χ1n) is 6.09. The maximum atomic E-state index is 13.6. The van der Waals surface area contributed by atoms with Crippen molar-refractivity contribution in [3.05, 3.63) is 58.9 Å². The number of carbonyl (C=O) groups is 1. The smallest absolute Gasteiger partial charge is 0.193 e. The van der Waals surface area contributed by atoms with Gasteiger partial charge in [-0.1, -0.05) is 0 Å².